The van der Waals surface area contributed by atoms with Crippen molar-refractivity contribution in [2.45, 2.75) is 38.4 Å². The first-order valence-corrected chi connectivity index (χ1v) is 8.39. The molecule has 1 unspecified atom stereocenters. The van der Waals surface area contributed by atoms with E-state index in [9.17, 15) is 4.79 Å². The lowest BCUT2D eigenvalue weighted by Crippen LogP contribution is -2.26. The number of nitrogens with one attached hydrogen (secondary N) is 2. The summed E-state index contributed by atoms with van der Waals surface area (Å²) in [7, 11) is 1.82. The molecule has 112 valence electrons. The Kier molecular flexibility index (Phi) is 7.44. The van der Waals surface area contributed by atoms with Crippen molar-refractivity contribution >= 4 is 23.5 Å². The highest BCUT2D eigenvalue weighted by molar-refractivity contribution is 7.99. The molecule has 1 aromatic heterocycles. The van der Waals surface area contributed by atoms with E-state index in [1.54, 1.807) is 6.07 Å². The van der Waals surface area contributed by atoms with Crippen molar-refractivity contribution in [1.82, 2.24) is 10.3 Å². The molecule has 0 spiro atoms. The van der Waals surface area contributed by atoms with Crippen LogP contribution in [0, 0.1) is 0 Å². The Balaban J connectivity index is 2.68. The van der Waals surface area contributed by atoms with Crippen molar-refractivity contribution in [2.24, 2.45) is 0 Å². The van der Waals surface area contributed by atoms with Gasteiger partial charge in [0, 0.05) is 30.1 Å². The molecule has 0 radical (unpaired) electrons. The molecule has 0 saturated carbocycles. The zero-order valence-corrected chi connectivity index (χ0v) is 13.6. The van der Waals surface area contributed by atoms with Crippen molar-refractivity contribution in [1.29, 1.82) is 0 Å². The molecular formula is C15H25N3OS. The van der Waals surface area contributed by atoms with E-state index in [-0.39, 0.29) is 5.91 Å². The van der Waals surface area contributed by atoms with Crippen molar-refractivity contribution < 1.29 is 4.79 Å². The zero-order chi connectivity index (χ0) is 15.0. The highest BCUT2D eigenvalue weighted by Crippen LogP contribution is 2.12. The van der Waals surface area contributed by atoms with E-state index >= 15 is 0 Å². The Morgan fingerprint density at radius 2 is 2.20 bits per heavy atom. The third-order valence-electron chi connectivity index (χ3n) is 3.14. The smallest absolute Gasteiger partial charge is 0.251 e. The highest BCUT2D eigenvalue weighted by Gasteiger charge is 2.09. The third kappa shape index (κ3) is 5.41. The first kappa shape index (κ1) is 16.8. The van der Waals surface area contributed by atoms with Crippen molar-refractivity contribution in [3.63, 3.8) is 0 Å². The van der Waals surface area contributed by atoms with Gasteiger partial charge in [0.05, 0.1) is 0 Å². The van der Waals surface area contributed by atoms with E-state index in [1.165, 1.54) is 0 Å². The van der Waals surface area contributed by atoms with Crippen LogP contribution in [-0.4, -0.2) is 36.0 Å². The summed E-state index contributed by atoms with van der Waals surface area (Å²) in [4.78, 5) is 16.6. The fourth-order valence-electron chi connectivity index (χ4n) is 1.84. The Bertz CT molecular complexity index is 437. The van der Waals surface area contributed by atoms with Gasteiger partial charge < -0.3 is 10.6 Å². The van der Waals surface area contributed by atoms with Crippen LogP contribution in [0.3, 0.4) is 0 Å². The number of aryl methyl sites for hydroxylation is 1. The van der Waals surface area contributed by atoms with E-state index in [1.807, 2.05) is 24.9 Å². The number of hydrogen-bond donors (Lipinski definition) is 2. The predicted molar refractivity (Wildman–Crippen MR) is 87.7 cm³/mol. The topological polar surface area (TPSA) is 54.0 Å². The molecule has 1 atom stereocenters. The summed E-state index contributed by atoms with van der Waals surface area (Å²) < 4.78 is 0. The molecule has 0 aliphatic rings. The first-order valence-electron chi connectivity index (χ1n) is 7.10. The zero-order valence-electron chi connectivity index (χ0n) is 12.8. The van der Waals surface area contributed by atoms with E-state index < -0.39 is 0 Å². The minimum atomic E-state index is -0.0189. The van der Waals surface area contributed by atoms with Gasteiger partial charge in [0.25, 0.3) is 5.91 Å². The van der Waals surface area contributed by atoms with Gasteiger partial charge in [0.15, 0.2) is 0 Å². The number of carbonyl (C=O) groups excluding carboxylic acids is 1. The number of nitrogens with zero attached hydrogens (tertiary/aromatic N) is 1. The van der Waals surface area contributed by atoms with Crippen molar-refractivity contribution in [3.8, 4) is 0 Å². The Morgan fingerprint density at radius 3 is 2.80 bits per heavy atom. The van der Waals surface area contributed by atoms with Gasteiger partial charge >= 0.3 is 0 Å². The second kappa shape index (κ2) is 8.84. The van der Waals surface area contributed by atoms with Crippen LogP contribution in [0.4, 0.5) is 5.82 Å². The lowest BCUT2D eigenvalue weighted by Gasteiger charge is -2.11. The second-order valence-corrected chi connectivity index (χ2v) is 6.10. The number of anilines is 1. The molecule has 1 rings (SSSR count). The molecule has 0 aliphatic carbocycles. The normalized spacial score (nSPS) is 12.0. The van der Waals surface area contributed by atoms with Gasteiger partial charge in [-0.05, 0) is 31.2 Å². The van der Waals surface area contributed by atoms with Gasteiger partial charge in [-0.2, -0.15) is 11.8 Å². The van der Waals surface area contributed by atoms with E-state index in [4.69, 9.17) is 0 Å². The minimum Gasteiger partial charge on any atom is -0.373 e. The van der Waals surface area contributed by atoms with Crippen LogP contribution in [0.5, 0.6) is 0 Å². The van der Waals surface area contributed by atoms with Gasteiger partial charge in [-0.3, -0.25) is 4.79 Å². The lowest BCUT2D eigenvalue weighted by atomic mass is 10.1. The van der Waals surface area contributed by atoms with E-state index in [0.29, 0.717) is 17.4 Å². The highest BCUT2D eigenvalue weighted by atomic mass is 32.2. The van der Waals surface area contributed by atoms with Crippen molar-refractivity contribution in [3.05, 3.63) is 23.4 Å². The average molecular weight is 295 g/mol. The fraction of sp³-hybridized carbons (Fsp3) is 0.600. The Labute approximate surface area is 126 Å². The molecule has 0 bridgehead atoms. The van der Waals surface area contributed by atoms with E-state index in [2.05, 4.69) is 35.7 Å². The molecule has 0 fully saturated rings. The summed E-state index contributed by atoms with van der Waals surface area (Å²) in [6.45, 7) is 4.99. The number of amides is 1. The maximum absolute atomic E-state index is 12.2. The molecule has 0 saturated heterocycles. The monoisotopic (exact) mass is 295 g/mol. The maximum atomic E-state index is 12.2. The molecule has 4 nitrogen and oxygen atoms in total. The Morgan fingerprint density at radius 1 is 1.45 bits per heavy atom. The number of carbonyl (C=O) groups is 1. The van der Waals surface area contributed by atoms with Crippen molar-refractivity contribution in [2.75, 3.05) is 25.2 Å². The Hall–Kier alpha value is -1.23. The van der Waals surface area contributed by atoms with Gasteiger partial charge in [0.2, 0.25) is 0 Å². The number of hydrogen-bond acceptors (Lipinski definition) is 4. The largest absolute Gasteiger partial charge is 0.373 e. The van der Waals surface area contributed by atoms with E-state index in [0.717, 1.165) is 30.8 Å². The van der Waals surface area contributed by atoms with Crippen LogP contribution >= 0.6 is 11.8 Å². The van der Waals surface area contributed by atoms with Crippen LogP contribution in [0.25, 0.3) is 0 Å². The number of rotatable bonds is 8. The van der Waals surface area contributed by atoms with Crippen LogP contribution in [0.2, 0.25) is 0 Å². The SMILES string of the molecule is CCCc1cc(C(=O)NCCC(C)SC)cc(NC)n1. The summed E-state index contributed by atoms with van der Waals surface area (Å²) in [6, 6.07) is 3.68. The maximum Gasteiger partial charge on any atom is 0.251 e. The number of thioether (sulfide) groups is 1. The lowest BCUT2D eigenvalue weighted by molar-refractivity contribution is 0.0953. The molecule has 1 amide bonds. The average Bonchev–Trinajstić information content (AvgIpc) is 2.46. The summed E-state index contributed by atoms with van der Waals surface area (Å²) in [5.74, 6) is 0.730. The molecule has 20 heavy (non-hydrogen) atoms. The van der Waals surface area contributed by atoms with Gasteiger partial charge in [0.1, 0.15) is 5.82 Å². The molecule has 1 heterocycles. The van der Waals surface area contributed by atoms with Crippen LogP contribution in [-0.2, 0) is 6.42 Å². The molecule has 2 N–H and O–H groups in total. The van der Waals surface area contributed by atoms with Crippen LogP contribution < -0.4 is 10.6 Å². The number of aromatic nitrogens is 1. The van der Waals surface area contributed by atoms with Crippen LogP contribution in [0.15, 0.2) is 12.1 Å². The molecule has 5 heteroatoms. The van der Waals surface area contributed by atoms with Crippen LogP contribution in [0.1, 0.15) is 42.7 Å². The second-order valence-electron chi connectivity index (χ2n) is 4.82. The first-order chi connectivity index (χ1) is 9.60. The van der Waals surface area contributed by atoms with Gasteiger partial charge in [-0.25, -0.2) is 4.98 Å². The van der Waals surface area contributed by atoms with Gasteiger partial charge in [-0.15, -0.1) is 0 Å². The summed E-state index contributed by atoms with van der Waals surface area (Å²) in [5.41, 5.74) is 1.64. The van der Waals surface area contributed by atoms with Gasteiger partial charge in [-0.1, -0.05) is 20.3 Å². The standard InChI is InChI=1S/C15H25N3OS/c1-5-6-13-9-12(10-14(16-3)18-13)15(19)17-8-7-11(2)20-4/h9-11H,5-8H2,1-4H3,(H,16,18)(H,17,19). The minimum absolute atomic E-state index is 0.0189. The predicted octanol–water partition coefficient (Wildman–Crippen LogP) is 2.95. The summed E-state index contributed by atoms with van der Waals surface area (Å²) in [6.07, 6.45) is 4.98. The number of pyridine rings is 1. The fourth-order valence-corrected chi connectivity index (χ4v) is 2.19. The summed E-state index contributed by atoms with van der Waals surface area (Å²) in [5, 5.41) is 6.55. The third-order valence-corrected chi connectivity index (χ3v) is 4.18. The summed E-state index contributed by atoms with van der Waals surface area (Å²) >= 11 is 1.82. The molecule has 0 aromatic carbocycles. The molecular weight excluding hydrogens is 270 g/mol. The quantitative estimate of drug-likeness (QED) is 0.774. The molecule has 1 aromatic rings. The molecule has 0 aliphatic heterocycles.